The van der Waals surface area contributed by atoms with Gasteiger partial charge in [-0.3, -0.25) is 9.59 Å². The SMILES string of the molecule is C[C@@H]1C[C@H](C)CN(C(=O)COC(=O)CSc2ncnc3sccc23)C1. The number of hydrogen-bond donors (Lipinski definition) is 0. The Hall–Kier alpha value is -1.67. The third-order valence-corrected chi connectivity index (χ3v) is 5.93. The maximum atomic E-state index is 12.2. The Kier molecular flexibility index (Phi) is 5.90. The van der Waals surface area contributed by atoms with Crippen molar-refractivity contribution in [1.29, 1.82) is 0 Å². The smallest absolute Gasteiger partial charge is 0.316 e. The zero-order valence-electron chi connectivity index (χ0n) is 14.3. The maximum Gasteiger partial charge on any atom is 0.316 e. The summed E-state index contributed by atoms with van der Waals surface area (Å²) in [5.74, 6) is 0.592. The zero-order chi connectivity index (χ0) is 17.8. The predicted molar refractivity (Wildman–Crippen MR) is 98.6 cm³/mol. The number of thioether (sulfide) groups is 1. The Balaban J connectivity index is 1.46. The lowest BCUT2D eigenvalue weighted by Gasteiger charge is -2.34. The number of nitrogens with zero attached hydrogens (tertiary/aromatic N) is 3. The fourth-order valence-electron chi connectivity index (χ4n) is 3.15. The minimum absolute atomic E-state index is 0.112. The summed E-state index contributed by atoms with van der Waals surface area (Å²) in [6.07, 6.45) is 2.63. The molecule has 0 radical (unpaired) electrons. The van der Waals surface area contributed by atoms with Crippen molar-refractivity contribution in [2.45, 2.75) is 25.3 Å². The highest BCUT2D eigenvalue weighted by Gasteiger charge is 2.25. The lowest BCUT2D eigenvalue weighted by atomic mass is 9.92. The fourth-order valence-corrected chi connectivity index (χ4v) is 4.73. The summed E-state index contributed by atoms with van der Waals surface area (Å²) in [5, 5.41) is 3.65. The van der Waals surface area contributed by atoms with E-state index >= 15 is 0 Å². The summed E-state index contributed by atoms with van der Waals surface area (Å²) in [6, 6.07) is 1.94. The van der Waals surface area contributed by atoms with Crippen molar-refractivity contribution in [3.63, 3.8) is 0 Å². The van der Waals surface area contributed by atoms with Crippen LogP contribution in [0.25, 0.3) is 10.2 Å². The first kappa shape index (κ1) is 18.1. The standard InChI is InChI=1S/C17H21N3O3S2/c1-11-5-12(2)7-20(6-11)14(21)8-23-15(22)9-25-17-13-3-4-24-16(13)18-10-19-17/h3-4,10-12H,5-9H2,1-2H3/t11-,12+. The third-order valence-electron chi connectivity index (χ3n) is 4.13. The number of ether oxygens (including phenoxy) is 1. The third kappa shape index (κ3) is 4.70. The number of thiophene rings is 1. The van der Waals surface area contributed by atoms with E-state index in [1.54, 1.807) is 4.90 Å². The van der Waals surface area contributed by atoms with Gasteiger partial charge in [-0.2, -0.15) is 0 Å². The first-order valence-electron chi connectivity index (χ1n) is 8.27. The average Bonchev–Trinajstić information content (AvgIpc) is 3.06. The van der Waals surface area contributed by atoms with Crippen molar-refractivity contribution in [3.8, 4) is 0 Å². The normalized spacial score (nSPS) is 20.6. The van der Waals surface area contributed by atoms with Gasteiger partial charge in [0.1, 0.15) is 16.2 Å². The van der Waals surface area contributed by atoms with Crippen LogP contribution in [-0.2, 0) is 14.3 Å². The first-order valence-corrected chi connectivity index (χ1v) is 10.1. The molecular formula is C17H21N3O3S2. The molecule has 25 heavy (non-hydrogen) atoms. The number of aromatic nitrogens is 2. The minimum atomic E-state index is -0.404. The molecule has 1 fully saturated rings. The van der Waals surface area contributed by atoms with E-state index in [1.165, 1.54) is 29.4 Å². The zero-order valence-corrected chi connectivity index (χ0v) is 15.9. The van der Waals surface area contributed by atoms with Crippen LogP contribution < -0.4 is 0 Å². The Morgan fingerprint density at radius 1 is 1.32 bits per heavy atom. The quantitative estimate of drug-likeness (QED) is 0.452. The van der Waals surface area contributed by atoms with Gasteiger partial charge in [0.25, 0.3) is 5.91 Å². The number of hydrogen-bond acceptors (Lipinski definition) is 7. The number of amides is 1. The topological polar surface area (TPSA) is 72.4 Å². The van der Waals surface area contributed by atoms with Crippen molar-refractivity contribution in [2.75, 3.05) is 25.4 Å². The van der Waals surface area contributed by atoms with Gasteiger partial charge in [-0.1, -0.05) is 25.6 Å². The molecule has 0 N–H and O–H groups in total. The molecule has 8 heteroatoms. The van der Waals surface area contributed by atoms with Crippen LogP contribution in [0.15, 0.2) is 22.8 Å². The Labute approximate surface area is 155 Å². The lowest BCUT2D eigenvalue weighted by Crippen LogP contribution is -2.44. The van der Waals surface area contributed by atoms with Gasteiger partial charge >= 0.3 is 5.97 Å². The predicted octanol–water partition coefficient (Wildman–Crippen LogP) is 2.83. The van der Waals surface area contributed by atoms with E-state index in [1.807, 2.05) is 11.4 Å². The van der Waals surface area contributed by atoms with Crippen LogP contribution in [0.2, 0.25) is 0 Å². The summed E-state index contributed by atoms with van der Waals surface area (Å²) in [6.45, 7) is 5.59. The van der Waals surface area contributed by atoms with Crippen LogP contribution >= 0.6 is 23.1 Å². The summed E-state index contributed by atoms with van der Waals surface area (Å²) in [4.78, 5) is 35.3. The molecule has 0 aromatic carbocycles. The Bertz CT molecular complexity index is 754. The minimum Gasteiger partial charge on any atom is -0.455 e. The second-order valence-corrected chi connectivity index (χ2v) is 8.37. The van der Waals surface area contributed by atoms with E-state index in [9.17, 15) is 9.59 Å². The van der Waals surface area contributed by atoms with E-state index in [4.69, 9.17) is 4.74 Å². The van der Waals surface area contributed by atoms with Gasteiger partial charge in [0.15, 0.2) is 6.61 Å². The number of likely N-dealkylation sites (tertiary alicyclic amines) is 1. The van der Waals surface area contributed by atoms with Crippen LogP contribution in [0.1, 0.15) is 20.3 Å². The van der Waals surface area contributed by atoms with Gasteiger partial charge in [0.2, 0.25) is 0 Å². The average molecular weight is 380 g/mol. The largest absolute Gasteiger partial charge is 0.455 e. The molecule has 1 aliphatic rings. The van der Waals surface area contributed by atoms with Gasteiger partial charge in [0.05, 0.1) is 5.75 Å². The van der Waals surface area contributed by atoms with Crippen molar-refractivity contribution in [2.24, 2.45) is 11.8 Å². The van der Waals surface area contributed by atoms with Crippen molar-refractivity contribution in [3.05, 3.63) is 17.8 Å². The van der Waals surface area contributed by atoms with Crippen LogP contribution in [0.3, 0.4) is 0 Å². The van der Waals surface area contributed by atoms with E-state index in [0.29, 0.717) is 11.8 Å². The number of rotatable bonds is 5. The summed E-state index contributed by atoms with van der Waals surface area (Å²) in [5.41, 5.74) is 0. The lowest BCUT2D eigenvalue weighted by molar-refractivity contribution is -0.151. The summed E-state index contributed by atoms with van der Waals surface area (Å²) >= 11 is 2.84. The van der Waals surface area contributed by atoms with Crippen LogP contribution in [0.4, 0.5) is 0 Å². The monoisotopic (exact) mass is 379 g/mol. The fraction of sp³-hybridized carbons (Fsp3) is 0.529. The molecule has 2 aromatic heterocycles. The molecule has 0 unspecified atom stereocenters. The van der Waals surface area contributed by atoms with Crippen LogP contribution in [-0.4, -0.2) is 52.2 Å². The van der Waals surface area contributed by atoms with E-state index < -0.39 is 5.97 Å². The molecule has 0 saturated carbocycles. The molecule has 1 amide bonds. The number of fused-ring (bicyclic) bond motifs is 1. The number of carbonyl (C=O) groups is 2. The van der Waals surface area contributed by atoms with E-state index in [2.05, 4.69) is 23.8 Å². The molecule has 3 rings (SSSR count). The first-order chi connectivity index (χ1) is 12.0. The van der Waals surface area contributed by atoms with Crippen molar-refractivity contribution >= 4 is 45.2 Å². The molecule has 2 atom stereocenters. The van der Waals surface area contributed by atoms with Gasteiger partial charge in [-0.05, 0) is 29.7 Å². The molecule has 0 aliphatic carbocycles. The molecule has 1 aliphatic heterocycles. The van der Waals surface area contributed by atoms with Crippen LogP contribution in [0, 0.1) is 11.8 Å². The number of piperidine rings is 1. The van der Waals surface area contributed by atoms with Gasteiger partial charge in [-0.15, -0.1) is 11.3 Å². The van der Waals surface area contributed by atoms with Crippen molar-refractivity contribution in [1.82, 2.24) is 14.9 Å². The second-order valence-electron chi connectivity index (χ2n) is 6.51. The highest BCUT2D eigenvalue weighted by Crippen LogP contribution is 2.27. The number of carbonyl (C=O) groups excluding carboxylic acids is 2. The van der Waals surface area contributed by atoms with E-state index in [0.717, 1.165) is 34.8 Å². The molecule has 0 spiro atoms. The highest BCUT2D eigenvalue weighted by molar-refractivity contribution is 8.00. The molecule has 2 aromatic rings. The maximum absolute atomic E-state index is 12.2. The summed E-state index contributed by atoms with van der Waals surface area (Å²) < 4.78 is 5.15. The number of esters is 1. The molecule has 0 bridgehead atoms. The molecule has 3 heterocycles. The molecule has 134 valence electrons. The van der Waals surface area contributed by atoms with Gasteiger partial charge < -0.3 is 9.64 Å². The molecule has 6 nitrogen and oxygen atoms in total. The Morgan fingerprint density at radius 3 is 2.84 bits per heavy atom. The highest BCUT2D eigenvalue weighted by atomic mass is 32.2. The second kappa shape index (κ2) is 8.14. The van der Waals surface area contributed by atoms with Gasteiger partial charge in [0, 0.05) is 18.5 Å². The van der Waals surface area contributed by atoms with Crippen LogP contribution in [0.5, 0.6) is 0 Å². The summed E-state index contributed by atoms with van der Waals surface area (Å²) in [7, 11) is 0. The van der Waals surface area contributed by atoms with Crippen molar-refractivity contribution < 1.29 is 14.3 Å². The molecular weight excluding hydrogens is 358 g/mol. The van der Waals surface area contributed by atoms with Gasteiger partial charge in [-0.25, -0.2) is 9.97 Å². The molecule has 1 saturated heterocycles. The Morgan fingerprint density at radius 2 is 2.08 bits per heavy atom. The van der Waals surface area contributed by atoms with E-state index in [-0.39, 0.29) is 18.3 Å².